The Bertz CT molecular complexity index is 429. The summed E-state index contributed by atoms with van der Waals surface area (Å²) in [6, 6.07) is 4.75. The van der Waals surface area contributed by atoms with Crippen LogP contribution in [0.1, 0.15) is 31.0 Å². The number of nitrogens with zero attached hydrogens (tertiary/aromatic N) is 1. The third kappa shape index (κ3) is 2.19. The number of benzene rings is 1. The molecule has 1 atom stereocenters. The zero-order valence-electron chi connectivity index (χ0n) is 12.0. The molecular formula is C15H23NO2. The summed E-state index contributed by atoms with van der Waals surface area (Å²) >= 11 is 0. The van der Waals surface area contributed by atoms with E-state index >= 15 is 0 Å². The Morgan fingerprint density at radius 2 is 1.78 bits per heavy atom. The van der Waals surface area contributed by atoms with Crippen LogP contribution in [-0.4, -0.2) is 32.7 Å². The first-order valence-electron chi connectivity index (χ1n) is 6.53. The van der Waals surface area contributed by atoms with Crippen molar-refractivity contribution >= 4 is 0 Å². The van der Waals surface area contributed by atoms with Crippen LogP contribution in [0.2, 0.25) is 0 Å². The van der Waals surface area contributed by atoms with Crippen molar-refractivity contribution in [3.63, 3.8) is 0 Å². The summed E-state index contributed by atoms with van der Waals surface area (Å²) in [5.41, 5.74) is 2.78. The second-order valence-electron chi connectivity index (χ2n) is 5.33. The van der Waals surface area contributed by atoms with Crippen molar-refractivity contribution < 1.29 is 9.47 Å². The van der Waals surface area contributed by atoms with Gasteiger partial charge < -0.3 is 9.47 Å². The average molecular weight is 249 g/mol. The summed E-state index contributed by atoms with van der Waals surface area (Å²) in [5.74, 6) is 2.26. The Hall–Kier alpha value is -1.22. The summed E-state index contributed by atoms with van der Waals surface area (Å²) in [5, 5.41) is 0. The molecular weight excluding hydrogens is 226 g/mol. The fourth-order valence-electron chi connectivity index (χ4n) is 2.97. The van der Waals surface area contributed by atoms with Gasteiger partial charge in [-0.3, -0.25) is 4.90 Å². The lowest BCUT2D eigenvalue weighted by molar-refractivity contribution is 0.180. The van der Waals surface area contributed by atoms with Crippen LogP contribution in [0.15, 0.2) is 12.1 Å². The van der Waals surface area contributed by atoms with E-state index in [1.807, 2.05) is 0 Å². The maximum atomic E-state index is 5.42. The van der Waals surface area contributed by atoms with Crippen LogP contribution in [0.4, 0.5) is 0 Å². The zero-order chi connectivity index (χ0) is 13.3. The highest BCUT2D eigenvalue weighted by molar-refractivity contribution is 5.49. The van der Waals surface area contributed by atoms with Gasteiger partial charge in [-0.1, -0.05) is 13.8 Å². The molecule has 0 saturated heterocycles. The number of hydrogen-bond acceptors (Lipinski definition) is 3. The van der Waals surface area contributed by atoms with E-state index in [9.17, 15) is 0 Å². The quantitative estimate of drug-likeness (QED) is 0.822. The highest BCUT2D eigenvalue weighted by atomic mass is 16.5. The average Bonchev–Trinajstić information content (AvgIpc) is 2.36. The molecule has 0 aliphatic carbocycles. The highest BCUT2D eigenvalue weighted by Gasteiger charge is 2.28. The molecule has 100 valence electrons. The molecule has 2 rings (SSSR count). The van der Waals surface area contributed by atoms with Crippen molar-refractivity contribution in [3.8, 4) is 11.5 Å². The van der Waals surface area contributed by atoms with E-state index in [1.165, 1.54) is 11.1 Å². The van der Waals surface area contributed by atoms with E-state index in [2.05, 4.69) is 37.9 Å². The minimum atomic E-state index is 0.466. The lowest BCUT2D eigenvalue weighted by Gasteiger charge is -2.37. The summed E-state index contributed by atoms with van der Waals surface area (Å²) in [4.78, 5) is 2.43. The van der Waals surface area contributed by atoms with Crippen molar-refractivity contribution in [2.24, 2.45) is 5.92 Å². The molecule has 3 heteroatoms. The van der Waals surface area contributed by atoms with Gasteiger partial charge in [0.15, 0.2) is 11.5 Å². The van der Waals surface area contributed by atoms with Gasteiger partial charge in [0.1, 0.15) is 0 Å². The van der Waals surface area contributed by atoms with Crippen LogP contribution >= 0.6 is 0 Å². The second kappa shape index (κ2) is 5.19. The van der Waals surface area contributed by atoms with Crippen molar-refractivity contribution in [3.05, 3.63) is 23.3 Å². The normalized spacial score (nSPS) is 19.8. The molecule has 1 aliphatic heterocycles. The molecule has 3 nitrogen and oxygen atoms in total. The number of ether oxygens (including phenoxy) is 2. The smallest absolute Gasteiger partial charge is 0.161 e. The maximum Gasteiger partial charge on any atom is 0.161 e. The number of hydrogen-bond donors (Lipinski definition) is 0. The van der Waals surface area contributed by atoms with E-state index < -0.39 is 0 Å². The van der Waals surface area contributed by atoms with Crippen molar-refractivity contribution in [1.29, 1.82) is 0 Å². The Balaban J connectivity index is 2.51. The van der Waals surface area contributed by atoms with Gasteiger partial charge in [0.05, 0.1) is 14.2 Å². The Morgan fingerprint density at radius 1 is 1.17 bits per heavy atom. The molecule has 1 heterocycles. The molecule has 0 amide bonds. The van der Waals surface area contributed by atoms with Crippen molar-refractivity contribution in [1.82, 2.24) is 4.90 Å². The molecule has 0 radical (unpaired) electrons. The molecule has 0 aromatic heterocycles. The molecule has 0 fully saturated rings. The number of likely N-dealkylation sites (N-methyl/N-ethyl adjacent to an activating group) is 1. The first kappa shape index (κ1) is 13.2. The predicted octanol–water partition coefficient (Wildman–Crippen LogP) is 2.89. The Morgan fingerprint density at radius 3 is 2.33 bits per heavy atom. The molecule has 0 saturated carbocycles. The van der Waals surface area contributed by atoms with Crippen LogP contribution in [-0.2, 0) is 6.42 Å². The van der Waals surface area contributed by atoms with E-state index in [-0.39, 0.29) is 0 Å². The van der Waals surface area contributed by atoms with Gasteiger partial charge >= 0.3 is 0 Å². The number of methoxy groups -OCH3 is 2. The van der Waals surface area contributed by atoms with Gasteiger partial charge in [0, 0.05) is 12.6 Å². The second-order valence-corrected chi connectivity index (χ2v) is 5.33. The zero-order valence-corrected chi connectivity index (χ0v) is 12.0. The first-order chi connectivity index (χ1) is 8.58. The fourth-order valence-corrected chi connectivity index (χ4v) is 2.97. The van der Waals surface area contributed by atoms with Crippen LogP contribution < -0.4 is 9.47 Å². The van der Waals surface area contributed by atoms with Crippen LogP contribution in [0.5, 0.6) is 11.5 Å². The molecule has 1 aliphatic rings. The van der Waals surface area contributed by atoms with Crippen molar-refractivity contribution in [2.45, 2.75) is 26.3 Å². The van der Waals surface area contributed by atoms with E-state index in [1.54, 1.807) is 14.2 Å². The van der Waals surface area contributed by atoms with Gasteiger partial charge in [0.2, 0.25) is 0 Å². The van der Waals surface area contributed by atoms with Gasteiger partial charge in [-0.2, -0.15) is 0 Å². The molecule has 0 spiro atoms. The van der Waals surface area contributed by atoms with Crippen LogP contribution in [0.3, 0.4) is 0 Å². The largest absolute Gasteiger partial charge is 0.493 e. The van der Waals surface area contributed by atoms with E-state index in [0.717, 1.165) is 24.5 Å². The van der Waals surface area contributed by atoms with Gasteiger partial charge in [-0.05, 0) is 42.6 Å². The highest BCUT2D eigenvalue weighted by Crippen LogP contribution is 2.40. The minimum absolute atomic E-state index is 0.466. The molecule has 0 bridgehead atoms. The topological polar surface area (TPSA) is 21.7 Å². The summed E-state index contributed by atoms with van der Waals surface area (Å²) in [6.07, 6.45) is 1.08. The third-order valence-electron chi connectivity index (χ3n) is 3.80. The van der Waals surface area contributed by atoms with E-state index in [4.69, 9.17) is 9.47 Å². The summed E-state index contributed by atoms with van der Waals surface area (Å²) in [7, 11) is 5.59. The summed E-state index contributed by atoms with van der Waals surface area (Å²) < 4.78 is 10.8. The molecule has 1 aromatic carbocycles. The monoisotopic (exact) mass is 249 g/mol. The Labute approximate surface area is 110 Å². The Kier molecular flexibility index (Phi) is 3.81. The fraction of sp³-hybridized carbons (Fsp3) is 0.600. The van der Waals surface area contributed by atoms with Gasteiger partial charge in [-0.25, -0.2) is 0 Å². The maximum absolute atomic E-state index is 5.42. The third-order valence-corrected chi connectivity index (χ3v) is 3.80. The molecule has 18 heavy (non-hydrogen) atoms. The predicted molar refractivity (Wildman–Crippen MR) is 73.5 cm³/mol. The molecule has 1 unspecified atom stereocenters. The number of fused-ring (bicyclic) bond motifs is 1. The standard InChI is InChI=1S/C15H23NO2/c1-10(2)15-12-9-14(18-5)13(17-4)8-11(12)6-7-16(15)3/h8-10,15H,6-7H2,1-5H3. The van der Waals surface area contributed by atoms with Gasteiger partial charge in [0.25, 0.3) is 0 Å². The summed E-state index contributed by atoms with van der Waals surface area (Å²) in [6.45, 7) is 5.64. The van der Waals surface area contributed by atoms with E-state index in [0.29, 0.717) is 12.0 Å². The van der Waals surface area contributed by atoms with Crippen molar-refractivity contribution in [2.75, 3.05) is 27.8 Å². The minimum Gasteiger partial charge on any atom is -0.493 e. The lowest BCUT2D eigenvalue weighted by atomic mass is 9.86. The molecule has 0 N–H and O–H groups in total. The molecule has 1 aromatic rings. The van der Waals surface area contributed by atoms with Crippen LogP contribution in [0, 0.1) is 5.92 Å². The van der Waals surface area contributed by atoms with Crippen LogP contribution in [0.25, 0.3) is 0 Å². The SMILES string of the molecule is COc1cc2c(cc1OC)C(C(C)C)N(C)CC2. The number of rotatable bonds is 3. The first-order valence-corrected chi connectivity index (χ1v) is 6.53. The van der Waals surface area contributed by atoms with Gasteiger partial charge in [-0.15, -0.1) is 0 Å². The lowest BCUT2D eigenvalue weighted by Crippen LogP contribution is -2.35.